The van der Waals surface area contributed by atoms with Crippen LogP contribution in [0.15, 0.2) is 42.0 Å². The quantitative estimate of drug-likeness (QED) is 0.561. The molecule has 0 spiro atoms. The van der Waals surface area contributed by atoms with Crippen molar-refractivity contribution in [3.63, 3.8) is 0 Å². The summed E-state index contributed by atoms with van der Waals surface area (Å²) < 4.78 is 4.95. The monoisotopic (exact) mass is 216 g/mol. The van der Waals surface area contributed by atoms with Crippen LogP contribution in [0.1, 0.15) is 19.4 Å². The fraction of sp³-hybridized carbons (Fsp3) is 0.357. The van der Waals surface area contributed by atoms with Crippen LogP contribution in [0.25, 0.3) is 0 Å². The molecule has 84 valence electrons. The van der Waals surface area contributed by atoms with Gasteiger partial charge in [-0.15, -0.1) is 0 Å². The standard InChI is InChI=1S/C14H16O2/c1-4-12-10(2)14(12,13(15)16-3)11-8-6-5-7-9-11/h4-10H,1-3H3/b12-4+/t10-,14-/m1/s1. The molecule has 1 aromatic rings. The average molecular weight is 216 g/mol. The van der Waals surface area contributed by atoms with Crippen LogP contribution in [0, 0.1) is 5.92 Å². The Balaban J connectivity index is 2.51. The molecule has 0 amide bonds. The summed E-state index contributed by atoms with van der Waals surface area (Å²) >= 11 is 0. The molecule has 0 aliphatic heterocycles. The van der Waals surface area contributed by atoms with Crippen molar-refractivity contribution in [3.8, 4) is 0 Å². The van der Waals surface area contributed by atoms with E-state index in [9.17, 15) is 4.79 Å². The zero-order chi connectivity index (χ0) is 11.8. The molecule has 2 heteroatoms. The molecule has 0 aromatic heterocycles. The summed E-state index contributed by atoms with van der Waals surface area (Å²) in [5, 5.41) is 0. The van der Waals surface area contributed by atoms with Gasteiger partial charge in [-0.1, -0.05) is 43.3 Å². The minimum atomic E-state index is -0.523. The van der Waals surface area contributed by atoms with Gasteiger partial charge < -0.3 is 4.74 Å². The Hall–Kier alpha value is -1.57. The summed E-state index contributed by atoms with van der Waals surface area (Å²) in [7, 11) is 1.45. The molecule has 2 rings (SSSR count). The van der Waals surface area contributed by atoms with E-state index < -0.39 is 5.41 Å². The predicted molar refractivity (Wildman–Crippen MR) is 63.1 cm³/mol. The van der Waals surface area contributed by atoms with Crippen LogP contribution in [-0.2, 0) is 14.9 Å². The maximum absolute atomic E-state index is 12.0. The summed E-state index contributed by atoms with van der Waals surface area (Å²) in [5.41, 5.74) is 1.66. The maximum atomic E-state index is 12.0. The third-order valence-corrected chi connectivity index (χ3v) is 3.54. The van der Waals surface area contributed by atoms with Gasteiger partial charge in [-0.3, -0.25) is 4.79 Å². The summed E-state index contributed by atoms with van der Waals surface area (Å²) in [4.78, 5) is 12.0. The second-order valence-electron chi connectivity index (χ2n) is 4.13. The number of carbonyl (C=O) groups excluding carboxylic acids is 1. The van der Waals surface area contributed by atoms with Gasteiger partial charge in [0, 0.05) is 5.92 Å². The van der Waals surface area contributed by atoms with E-state index in [1.807, 2.05) is 43.3 Å². The van der Waals surface area contributed by atoms with Gasteiger partial charge >= 0.3 is 5.97 Å². The van der Waals surface area contributed by atoms with Gasteiger partial charge in [0.1, 0.15) is 5.41 Å². The van der Waals surface area contributed by atoms with Crippen LogP contribution in [0.4, 0.5) is 0 Å². The molecule has 16 heavy (non-hydrogen) atoms. The average Bonchev–Trinajstić information content (AvgIpc) is 2.95. The maximum Gasteiger partial charge on any atom is 0.321 e. The Morgan fingerprint density at radius 1 is 1.38 bits per heavy atom. The zero-order valence-corrected chi connectivity index (χ0v) is 9.86. The molecule has 0 heterocycles. The highest BCUT2D eigenvalue weighted by Crippen LogP contribution is 2.59. The van der Waals surface area contributed by atoms with Crippen molar-refractivity contribution in [2.45, 2.75) is 19.3 Å². The molecule has 2 atom stereocenters. The van der Waals surface area contributed by atoms with Crippen LogP contribution in [0.5, 0.6) is 0 Å². The van der Waals surface area contributed by atoms with E-state index in [1.54, 1.807) is 0 Å². The topological polar surface area (TPSA) is 26.3 Å². The number of benzene rings is 1. The second kappa shape index (κ2) is 3.78. The van der Waals surface area contributed by atoms with Crippen LogP contribution >= 0.6 is 0 Å². The third-order valence-electron chi connectivity index (χ3n) is 3.54. The third kappa shape index (κ3) is 1.22. The molecular weight excluding hydrogens is 200 g/mol. The van der Waals surface area contributed by atoms with Crippen LogP contribution in [0.3, 0.4) is 0 Å². The summed E-state index contributed by atoms with van der Waals surface area (Å²) in [6.45, 7) is 4.04. The van der Waals surface area contributed by atoms with E-state index in [1.165, 1.54) is 7.11 Å². The van der Waals surface area contributed by atoms with Gasteiger partial charge in [0.05, 0.1) is 7.11 Å². The lowest BCUT2D eigenvalue weighted by molar-refractivity contribution is -0.143. The molecule has 0 saturated heterocycles. The first kappa shape index (κ1) is 10.9. The van der Waals surface area contributed by atoms with Crippen molar-refractivity contribution in [2.75, 3.05) is 7.11 Å². The van der Waals surface area contributed by atoms with Gasteiger partial charge in [0.25, 0.3) is 0 Å². The molecule has 1 fully saturated rings. The van der Waals surface area contributed by atoms with Crippen LogP contribution < -0.4 is 0 Å². The molecule has 0 bridgehead atoms. The van der Waals surface area contributed by atoms with E-state index in [0.29, 0.717) is 0 Å². The minimum absolute atomic E-state index is 0.153. The van der Waals surface area contributed by atoms with Gasteiger partial charge in [-0.2, -0.15) is 0 Å². The Morgan fingerprint density at radius 2 is 2.00 bits per heavy atom. The van der Waals surface area contributed by atoms with Crippen LogP contribution in [0.2, 0.25) is 0 Å². The van der Waals surface area contributed by atoms with E-state index in [4.69, 9.17) is 4.74 Å². The SMILES string of the molecule is C/C=C1\[C@@H](C)[C@@]1(C(=O)OC)c1ccccc1. The highest BCUT2D eigenvalue weighted by Gasteiger charge is 2.64. The smallest absolute Gasteiger partial charge is 0.321 e. The number of hydrogen-bond acceptors (Lipinski definition) is 2. The van der Waals surface area contributed by atoms with E-state index in [0.717, 1.165) is 11.1 Å². The van der Waals surface area contributed by atoms with Gasteiger partial charge in [-0.05, 0) is 18.1 Å². The molecule has 1 aromatic carbocycles. The molecule has 1 aliphatic rings. The molecular formula is C14H16O2. The van der Waals surface area contributed by atoms with Crippen molar-refractivity contribution < 1.29 is 9.53 Å². The molecule has 0 N–H and O–H groups in total. The number of methoxy groups -OCH3 is 1. The number of ether oxygens (including phenoxy) is 1. The van der Waals surface area contributed by atoms with E-state index in [2.05, 4.69) is 6.92 Å². The van der Waals surface area contributed by atoms with Crippen molar-refractivity contribution in [2.24, 2.45) is 5.92 Å². The van der Waals surface area contributed by atoms with Gasteiger partial charge in [0.2, 0.25) is 0 Å². The number of allylic oxidation sites excluding steroid dienone is 1. The van der Waals surface area contributed by atoms with Crippen LogP contribution in [-0.4, -0.2) is 13.1 Å². The number of esters is 1. The first-order valence-electron chi connectivity index (χ1n) is 5.50. The predicted octanol–water partition coefficient (Wildman–Crippen LogP) is 2.69. The van der Waals surface area contributed by atoms with Crippen molar-refractivity contribution >= 4 is 5.97 Å². The first-order valence-corrected chi connectivity index (χ1v) is 5.50. The number of carbonyl (C=O) groups is 1. The fourth-order valence-corrected chi connectivity index (χ4v) is 2.68. The van der Waals surface area contributed by atoms with Crippen molar-refractivity contribution in [3.05, 3.63) is 47.5 Å². The van der Waals surface area contributed by atoms with E-state index in [-0.39, 0.29) is 11.9 Å². The lowest BCUT2D eigenvalue weighted by Gasteiger charge is -2.13. The van der Waals surface area contributed by atoms with E-state index >= 15 is 0 Å². The number of hydrogen-bond donors (Lipinski definition) is 0. The molecule has 0 radical (unpaired) electrons. The fourth-order valence-electron chi connectivity index (χ4n) is 2.68. The lowest BCUT2D eigenvalue weighted by atomic mass is 9.93. The van der Waals surface area contributed by atoms with Crippen molar-refractivity contribution in [1.82, 2.24) is 0 Å². The molecule has 2 nitrogen and oxygen atoms in total. The Kier molecular flexibility index (Phi) is 2.58. The highest BCUT2D eigenvalue weighted by atomic mass is 16.5. The first-order chi connectivity index (χ1) is 7.69. The summed E-state index contributed by atoms with van der Waals surface area (Å²) in [6.07, 6.45) is 2.02. The molecule has 1 saturated carbocycles. The Bertz CT molecular complexity index is 433. The largest absolute Gasteiger partial charge is 0.468 e. The minimum Gasteiger partial charge on any atom is -0.468 e. The summed E-state index contributed by atoms with van der Waals surface area (Å²) in [6, 6.07) is 9.85. The number of rotatable bonds is 2. The Labute approximate surface area is 95.9 Å². The van der Waals surface area contributed by atoms with Gasteiger partial charge in [0.15, 0.2) is 0 Å². The lowest BCUT2D eigenvalue weighted by Crippen LogP contribution is -2.24. The molecule has 0 unspecified atom stereocenters. The highest BCUT2D eigenvalue weighted by molar-refractivity contribution is 5.94. The normalized spacial score (nSPS) is 30.2. The second-order valence-corrected chi connectivity index (χ2v) is 4.13. The van der Waals surface area contributed by atoms with Crippen molar-refractivity contribution in [1.29, 1.82) is 0 Å². The zero-order valence-electron chi connectivity index (χ0n) is 9.86. The van der Waals surface area contributed by atoms with Gasteiger partial charge in [-0.25, -0.2) is 0 Å². The molecule has 1 aliphatic carbocycles. The Morgan fingerprint density at radius 3 is 2.44 bits per heavy atom. The summed E-state index contributed by atoms with van der Waals surface area (Å²) in [5.74, 6) is 0.0895.